The maximum absolute atomic E-state index is 10.8. The van der Waals surface area contributed by atoms with Crippen LogP contribution in [0, 0.1) is 19.3 Å². The molecule has 1 rings (SSSR count). The Morgan fingerprint density at radius 2 is 2.64 bits per heavy atom. The molecule has 0 radical (unpaired) electrons. The molecule has 14 heavy (non-hydrogen) atoms. The molecule has 0 amide bonds. The molecule has 0 aliphatic rings. The number of aryl methyl sites for hydroxylation is 1. The van der Waals surface area contributed by atoms with Crippen LogP contribution in [-0.2, 0) is 4.79 Å². The standard InChI is InChI=1S/C9H10N2O2S/c1-3-4-10-8(9(12)13)7-5-14-6(2)11-7/h1,5,8,10H,4H2,2H3,(H,12,13). The average molecular weight is 210 g/mol. The van der Waals surface area contributed by atoms with Gasteiger partial charge >= 0.3 is 5.97 Å². The second-order valence-corrected chi connectivity index (χ2v) is 3.71. The van der Waals surface area contributed by atoms with Gasteiger partial charge in [0, 0.05) is 5.38 Å². The van der Waals surface area contributed by atoms with E-state index in [1.807, 2.05) is 6.92 Å². The van der Waals surface area contributed by atoms with Crippen LogP contribution in [0.1, 0.15) is 16.7 Å². The zero-order valence-electron chi connectivity index (χ0n) is 7.65. The highest BCUT2D eigenvalue weighted by Crippen LogP contribution is 2.16. The number of thiazole rings is 1. The number of nitrogens with zero attached hydrogens (tertiary/aromatic N) is 1. The summed E-state index contributed by atoms with van der Waals surface area (Å²) in [5.41, 5.74) is 0.509. The first-order valence-electron chi connectivity index (χ1n) is 3.97. The van der Waals surface area contributed by atoms with Crippen molar-refractivity contribution >= 4 is 17.3 Å². The highest BCUT2D eigenvalue weighted by Gasteiger charge is 2.20. The van der Waals surface area contributed by atoms with Crippen molar-refractivity contribution in [3.05, 3.63) is 16.1 Å². The molecule has 0 saturated heterocycles. The molecule has 0 spiro atoms. The number of aromatic nitrogens is 1. The third-order valence-electron chi connectivity index (χ3n) is 1.59. The predicted molar refractivity (Wildman–Crippen MR) is 54.1 cm³/mol. The van der Waals surface area contributed by atoms with Gasteiger partial charge in [-0.1, -0.05) is 5.92 Å². The molecule has 0 fully saturated rings. The number of carboxylic acid groups (broad SMARTS) is 1. The van der Waals surface area contributed by atoms with Crippen molar-refractivity contribution in [1.82, 2.24) is 10.3 Å². The molecule has 1 heterocycles. The van der Waals surface area contributed by atoms with Gasteiger partial charge in [0.2, 0.25) is 0 Å². The number of carbonyl (C=O) groups is 1. The van der Waals surface area contributed by atoms with Gasteiger partial charge in [-0.05, 0) is 6.92 Å². The van der Waals surface area contributed by atoms with Gasteiger partial charge in [-0.2, -0.15) is 0 Å². The minimum atomic E-state index is -0.967. The molecule has 1 atom stereocenters. The van der Waals surface area contributed by atoms with Gasteiger partial charge in [-0.3, -0.25) is 10.1 Å². The Balaban J connectivity index is 2.78. The predicted octanol–water partition coefficient (Wildman–Crippen LogP) is 0.800. The molecule has 1 unspecified atom stereocenters. The van der Waals surface area contributed by atoms with Crippen LogP contribution in [0.25, 0.3) is 0 Å². The molecule has 5 heteroatoms. The van der Waals surface area contributed by atoms with Crippen LogP contribution in [0.5, 0.6) is 0 Å². The first-order valence-corrected chi connectivity index (χ1v) is 4.84. The lowest BCUT2D eigenvalue weighted by atomic mass is 10.2. The van der Waals surface area contributed by atoms with E-state index in [4.69, 9.17) is 11.5 Å². The van der Waals surface area contributed by atoms with Crippen molar-refractivity contribution in [3.63, 3.8) is 0 Å². The monoisotopic (exact) mass is 210 g/mol. The summed E-state index contributed by atoms with van der Waals surface area (Å²) >= 11 is 1.42. The van der Waals surface area contributed by atoms with E-state index in [0.717, 1.165) is 5.01 Å². The Kier molecular flexibility index (Phi) is 3.63. The summed E-state index contributed by atoms with van der Waals surface area (Å²) in [6, 6.07) is -0.809. The van der Waals surface area contributed by atoms with Crippen LogP contribution < -0.4 is 5.32 Å². The second-order valence-electron chi connectivity index (χ2n) is 2.65. The molecule has 0 bridgehead atoms. The summed E-state index contributed by atoms with van der Waals surface area (Å²) in [6.45, 7) is 2.04. The lowest BCUT2D eigenvalue weighted by Crippen LogP contribution is -2.29. The maximum Gasteiger partial charge on any atom is 0.327 e. The van der Waals surface area contributed by atoms with Gasteiger partial charge in [-0.15, -0.1) is 17.8 Å². The van der Waals surface area contributed by atoms with E-state index in [2.05, 4.69) is 16.2 Å². The Morgan fingerprint density at radius 3 is 3.07 bits per heavy atom. The number of terminal acetylenes is 1. The lowest BCUT2D eigenvalue weighted by molar-refractivity contribution is -0.139. The molecule has 0 aromatic carbocycles. The van der Waals surface area contributed by atoms with Crippen LogP contribution in [0.15, 0.2) is 5.38 Å². The first-order chi connectivity index (χ1) is 6.65. The van der Waals surface area contributed by atoms with E-state index >= 15 is 0 Å². The van der Waals surface area contributed by atoms with E-state index in [0.29, 0.717) is 5.69 Å². The summed E-state index contributed by atoms with van der Waals surface area (Å²) in [5.74, 6) is 1.36. The molecule has 4 nitrogen and oxygen atoms in total. The number of rotatable bonds is 4. The van der Waals surface area contributed by atoms with Crippen molar-refractivity contribution in [2.75, 3.05) is 6.54 Å². The smallest absolute Gasteiger partial charge is 0.327 e. The third-order valence-corrected chi connectivity index (χ3v) is 2.38. The van der Waals surface area contributed by atoms with E-state index in [1.165, 1.54) is 11.3 Å². The molecular weight excluding hydrogens is 200 g/mol. The molecular formula is C9H10N2O2S. The summed E-state index contributed by atoms with van der Waals surface area (Å²) < 4.78 is 0. The van der Waals surface area contributed by atoms with E-state index in [-0.39, 0.29) is 6.54 Å². The normalized spacial score (nSPS) is 12.0. The molecule has 74 valence electrons. The minimum Gasteiger partial charge on any atom is -0.480 e. The van der Waals surface area contributed by atoms with Crippen LogP contribution in [-0.4, -0.2) is 22.6 Å². The lowest BCUT2D eigenvalue weighted by Gasteiger charge is -2.09. The fourth-order valence-electron chi connectivity index (χ4n) is 0.992. The molecule has 1 aromatic rings. The second kappa shape index (κ2) is 4.74. The van der Waals surface area contributed by atoms with Crippen molar-refractivity contribution in [2.45, 2.75) is 13.0 Å². The van der Waals surface area contributed by atoms with Gasteiger partial charge in [0.1, 0.15) is 6.04 Å². The van der Waals surface area contributed by atoms with Crippen molar-refractivity contribution in [2.24, 2.45) is 0 Å². The highest BCUT2D eigenvalue weighted by molar-refractivity contribution is 7.09. The fraction of sp³-hybridized carbons (Fsp3) is 0.333. The Hall–Kier alpha value is -1.38. The van der Waals surface area contributed by atoms with Gasteiger partial charge in [0.25, 0.3) is 0 Å². The van der Waals surface area contributed by atoms with Crippen LogP contribution in [0.2, 0.25) is 0 Å². The minimum absolute atomic E-state index is 0.216. The molecule has 0 aliphatic carbocycles. The number of hydrogen-bond acceptors (Lipinski definition) is 4. The Labute approximate surface area is 86.0 Å². The SMILES string of the molecule is C#CCNC(C(=O)O)c1csc(C)n1. The van der Waals surface area contributed by atoms with Crippen LogP contribution >= 0.6 is 11.3 Å². The van der Waals surface area contributed by atoms with Crippen molar-refractivity contribution in [3.8, 4) is 12.3 Å². The summed E-state index contributed by atoms with van der Waals surface area (Å²) in [5, 5.41) is 14.2. The maximum atomic E-state index is 10.8. The first kappa shape index (κ1) is 10.7. The Bertz CT molecular complexity index is 367. The van der Waals surface area contributed by atoms with Gasteiger partial charge < -0.3 is 5.11 Å². The quantitative estimate of drug-likeness (QED) is 0.722. The zero-order valence-corrected chi connectivity index (χ0v) is 8.47. The zero-order chi connectivity index (χ0) is 10.6. The van der Waals surface area contributed by atoms with Gasteiger partial charge in [-0.25, -0.2) is 4.98 Å². The van der Waals surface area contributed by atoms with Crippen molar-refractivity contribution < 1.29 is 9.90 Å². The van der Waals surface area contributed by atoms with E-state index in [9.17, 15) is 4.79 Å². The van der Waals surface area contributed by atoms with Crippen LogP contribution in [0.4, 0.5) is 0 Å². The number of carboxylic acids is 1. The molecule has 0 aliphatic heterocycles. The average Bonchev–Trinajstić information content (AvgIpc) is 2.52. The van der Waals surface area contributed by atoms with E-state index in [1.54, 1.807) is 5.38 Å². The Morgan fingerprint density at radius 1 is 1.93 bits per heavy atom. The summed E-state index contributed by atoms with van der Waals surface area (Å²) in [7, 11) is 0. The van der Waals surface area contributed by atoms with Gasteiger partial charge in [0.15, 0.2) is 0 Å². The van der Waals surface area contributed by atoms with E-state index < -0.39 is 12.0 Å². The summed E-state index contributed by atoms with van der Waals surface area (Å²) in [4.78, 5) is 14.9. The molecule has 0 saturated carbocycles. The van der Waals surface area contributed by atoms with Gasteiger partial charge in [0.05, 0.1) is 17.2 Å². The largest absolute Gasteiger partial charge is 0.480 e. The van der Waals surface area contributed by atoms with Crippen LogP contribution in [0.3, 0.4) is 0 Å². The number of hydrogen-bond donors (Lipinski definition) is 2. The third kappa shape index (κ3) is 2.55. The molecule has 1 aromatic heterocycles. The molecule has 2 N–H and O–H groups in total. The highest BCUT2D eigenvalue weighted by atomic mass is 32.1. The van der Waals surface area contributed by atoms with Crippen molar-refractivity contribution in [1.29, 1.82) is 0 Å². The number of aliphatic carboxylic acids is 1. The topological polar surface area (TPSA) is 62.2 Å². The summed E-state index contributed by atoms with van der Waals surface area (Å²) in [6.07, 6.45) is 5.04. The fourth-order valence-corrected chi connectivity index (χ4v) is 1.63. The number of nitrogens with one attached hydrogen (secondary N) is 1.